The van der Waals surface area contributed by atoms with Crippen LogP contribution in [-0.2, 0) is 9.53 Å². The van der Waals surface area contributed by atoms with E-state index >= 15 is 0 Å². The molecule has 3 rings (SSSR count). The van der Waals surface area contributed by atoms with Gasteiger partial charge in [0.25, 0.3) is 0 Å². The van der Waals surface area contributed by atoms with E-state index in [9.17, 15) is 9.59 Å². The Morgan fingerprint density at radius 2 is 2.08 bits per heavy atom. The highest BCUT2D eigenvalue weighted by Gasteiger charge is 2.33. The van der Waals surface area contributed by atoms with Crippen molar-refractivity contribution in [3.63, 3.8) is 0 Å². The zero-order valence-electron chi connectivity index (χ0n) is 14.3. The van der Waals surface area contributed by atoms with Crippen LogP contribution in [-0.4, -0.2) is 40.6 Å². The molecule has 6 nitrogen and oxygen atoms in total. The molecule has 1 atom stereocenters. The first kappa shape index (κ1) is 16.4. The minimum Gasteiger partial charge on any atom is -0.444 e. The van der Waals surface area contributed by atoms with Crippen molar-refractivity contribution in [2.75, 3.05) is 18.4 Å². The summed E-state index contributed by atoms with van der Waals surface area (Å²) in [5.41, 5.74) is 1.24. The third kappa shape index (κ3) is 3.53. The quantitative estimate of drug-likeness (QED) is 0.887. The number of ether oxygens (including phenoxy) is 1. The van der Waals surface area contributed by atoms with Crippen molar-refractivity contribution in [2.24, 2.45) is 5.92 Å². The van der Waals surface area contributed by atoms with Crippen LogP contribution in [0.3, 0.4) is 0 Å². The molecule has 0 saturated carbocycles. The fraction of sp³-hybridized carbons (Fsp3) is 0.444. The SMILES string of the molecule is CC(C)(C)OC(=O)N1CC[C@@H](C(=O)Nc2cccc3[nH]ccc23)C1. The van der Waals surface area contributed by atoms with Gasteiger partial charge in [0.2, 0.25) is 5.91 Å². The molecule has 0 bridgehead atoms. The van der Waals surface area contributed by atoms with E-state index in [2.05, 4.69) is 10.3 Å². The van der Waals surface area contributed by atoms with Crippen molar-refractivity contribution in [3.05, 3.63) is 30.5 Å². The molecule has 2 N–H and O–H groups in total. The Kier molecular flexibility index (Phi) is 4.22. The first-order valence-electron chi connectivity index (χ1n) is 8.18. The molecule has 0 aliphatic carbocycles. The monoisotopic (exact) mass is 329 g/mol. The molecule has 1 saturated heterocycles. The van der Waals surface area contributed by atoms with Crippen LogP contribution in [0.25, 0.3) is 10.9 Å². The number of carbonyl (C=O) groups is 2. The van der Waals surface area contributed by atoms with Crippen molar-refractivity contribution in [1.29, 1.82) is 0 Å². The molecule has 24 heavy (non-hydrogen) atoms. The largest absolute Gasteiger partial charge is 0.444 e. The van der Waals surface area contributed by atoms with Gasteiger partial charge in [0.05, 0.1) is 11.6 Å². The number of aromatic nitrogens is 1. The lowest BCUT2D eigenvalue weighted by molar-refractivity contribution is -0.119. The number of nitrogens with one attached hydrogen (secondary N) is 2. The summed E-state index contributed by atoms with van der Waals surface area (Å²) in [5.74, 6) is -0.276. The van der Waals surface area contributed by atoms with Gasteiger partial charge in [-0.05, 0) is 45.4 Å². The zero-order chi connectivity index (χ0) is 17.3. The molecule has 1 aromatic carbocycles. The summed E-state index contributed by atoms with van der Waals surface area (Å²) in [5, 5.41) is 3.96. The summed E-state index contributed by atoms with van der Waals surface area (Å²) in [6, 6.07) is 7.68. The fourth-order valence-corrected chi connectivity index (χ4v) is 2.90. The molecule has 1 aromatic heterocycles. The average molecular weight is 329 g/mol. The predicted molar refractivity (Wildman–Crippen MR) is 92.8 cm³/mol. The van der Waals surface area contributed by atoms with Gasteiger partial charge in [0.1, 0.15) is 5.60 Å². The molecule has 1 aliphatic rings. The van der Waals surface area contributed by atoms with E-state index in [4.69, 9.17) is 4.74 Å². The molecule has 0 radical (unpaired) electrons. The molecule has 1 fully saturated rings. The van der Waals surface area contributed by atoms with Crippen LogP contribution in [0.15, 0.2) is 30.5 Å². The van der Waals surface area contributed by atoms with Gasteiger partial charge < -0.3 is 19.9 Å². The van der Waals surface area contributed by atoms with Gasteiger partial charge in [-0.15, -0.1) is 0 Å². The summed E-state index contributed by atoms with van der Waals surface area (Å²) in [6.07, 6.45) is 2.14. The number of fused-ring (bicyclic) bond motifs is 1. The second-order valence-electron chi connectivity index (χ2n) is 7.15. The highest BCUT2D eigenvalue weighted by molar-refractivity contribution is 6.02. The lowest BCUT2D eigenvalue weighted by Gasteiger charge is -2.24. The highest BCUT2D eigenvalue weighted by atomic mass is 16.6. The molecule has 128 valence electrons. The van der Waals surface area contributed by atoms with E-state index in [0.717, 1.165) is 16.6 Å². The Labute approximate surface area is 141 Å². The molecule has 0 unspecified atom stereocenters. The smallest absolute Gasteiger partial charge is 0.410 e. The first-order chi connectivity index (χ1) is 11.3. The van der Waals surface area contributed by atoms with Gasteiger partial charge >= 0.3 is 6.09 Å². The number of anilines is 1. The highest BCUT2D eigenvalue weighted by Crippen LogP contribution is 2.25. The van der Waals surface area contributed by atoms with Crippen LogP contribution in [0, 0.1) is 5.92 Å². The number of H-pyrrole nitrogens is 1. The molecule has 2 aromatic rings. The van der Waals surface area contributed by atoms with E-state index in [1.165, 1.54) is 0 Å². The maximum Gasteiger partial charge on any atom is 0.410 e. The summed E-state index contributed by atoms with van der Waals surface area (Å²) < 4.78 is 5.37. The summed E-state index contributed by atoms with van der Waals surface area (Å²) in [7, 11) is 0. The van der Waals surface area contributed by atoms with Crippen molar-refractivity contribution in [1.82, 2.24) is 9.88 Å². The van der Waals surface area contributed by atoms with E-state index < -0.39 is 5.60 Å². The van der Waals surface area contributed by atoms with Crippen molar-refractivity contribution in [3.8, 4) is 0 Å². The maximum absolute atomic E-state index is 12.5. The normalized spacial score (nSPS) is 18.0. The van der Waals surface area contributed by atoms with Gasteiger partial charge in [0.15, 0.2) is 0 Å². The van der Waals surface area contributed by atoms with E-state index in [0.29, 0.717) is 19.5 Å². The number of amides is 2. The fourth-order valence-electron chi connectivity index (χ4n) is 2.90. The predicted octanol–water partition coefficient (Wildman–Crippen LogP) is 3.36. The molecule has 2 amide bonds. The number of likely N-dealkylation sites (tertiary alicyclic amines) is 1. The zero-order valence-corrected chi connectivity index (χ0v) is 14.3. The summed E-state index contributed by atoms with van der Waals surface area (Å²) in [4.78, 5) is 29.4. The molecule has 0 spiro atoms. The summed E-state index contributed by atoms with van der Waals surface area (Å²) >= 11 is 0. The van der Waals surface area contributed by atoms with Gasteiger partial charge in [0, 0.05) is 30.2 Å². The van der Waals surface area contributed by atoms with Crippen molar-refractivity contribution in [2.45, 2.75) is 32.8 Å². The van der Waals surface area contributed by atoms with Crippen LogP contribution >= 0.6 is 0 Å². The van der Waals surface area contributed by atoms with Gasteiger partial charge in [-0.25, -0.2) is 4.79 Å². The van der Waals surface area contributed by atoms with E-state index in [1.54, 1.807) is 4.90 Å². The number of hydrogen-bond acceptors (Lipinski definition) is 3. The Morgan fingerprint density at radius 3 is 2.83 bits per heavy atom. The number of benzene rings is 1. The van der Waals surface area contributed by atoms with Crippen molar-refractivity contribution >= 4 is 28.6 Å². The standard InChI is InChI=1S/C18H23N3O3/c1-18(2,3)24-17(23)21-10-8-12(11-21)16(22)20-15-6-4-5-14-13(15)7-9-19-14/h4-7,9,12,19H,8,10-11H2,1-3H3,(H,20,22)/t12-/m1/s1. The lowest BCUT2D eigenvalue weighted by atomic mass is 10.1. The Bertz CT molecular complexity index is 760. The Morgan fingerprint density at radius 1 is 1.29 bits per heavy atom. The molecule has 6 heteroatoms. The molecular weight excluding hydrogens is 306 g/mol. The van der Waals surface area contributed by atoms with Crippen LogP contribution in [0.5, 0.6) is 0 Å². The molecule has 1 aliphatic heterocycles. The minimum absolute atomic E-state index is 0.0604. The third-order valence-electron chi connectivity index (χ3n) is 4.06. The Balaban J connectivity index is 1.63. The van der Waals surface area contributed by atoms with Crippen LogP contribution in [0.2, 0.25) is 0 Å². The number of rotatable bonds is 2. The van der Waals surface area contributed by atoms with E-state index in [-0.39, 0.29) is 17.9 Å². The number of nitrogens with zero attached hydrogens (tertiary/aromatic N) is 1. The second-order valence-corrected chi connectivity index (χ2v) is 7.15. The summed E-state index contributed by atoms with van der Waals surface area (Å²) in [6.45, 7) is 6.44. The van der Waals surface area contributed by atoms with Crippen LogP contribution in [0.4, 0.5) is 10.5 Å². The molecular formula is C18H23N3O3. The lowest BCUT2D eigenvalue weighted by Crippen LogP contribution is -2.36. The topological polar surface area (TPSA) is 74.4 Å². The molecule has 2 heterocycles. The van der Waals surface area contributed by atoms with E-state index in [1.807, 2.05) is 51.2 Å². The van der Waals surface area contributed by atoms with Crippen LogP contribution in [0.1, 0.15) is 27.2 Å². The first-order valence-corrected chi connectivity index (χ1v) is 8.18. The van der Waals surface area contributed by atoms with Gasteiger partial charge in [-0.1, -0.05) is 6.07 Å². The average Bonchev–Trinajstić information content (AvgIpc) is 3.15. The van der Waals surface area contributed by atoms with Gasteiger partial charge in [-0.2, -0.15) is 0 Å². The third-order valence-corrected chi connectivity index (χ3v) is 4.06. The maximum atomic E-state index is 12.5. The second kappa shape index (κ2) is 6.19. The minimum atomic E-state index is -0.526. The van der Waals surface area contributed by atoms with Crippen LogP contribution < -0.4 is 5.32 Å². The number of carbonyl (C=O) groups excluding carboxylic acids is 2. The number of aromatic amines is 1. The number of hydrogen-bond donors (Lipinski definition) is 2. The Hall–Kier alpha value is -2.50. The van der Waals surface area contributed by atoms with Crippen molar-refractivity contribution < 1.29 is 14.3 Å². The van der Waals surface area contributed by atoms with Gasteiger partial charge in [-0.3, -0.25) is 4.79 Å².